The number of aliphatic hydroxyl groups excluding tert-OH is 1. The van der Waals surface area contributed by atoms with Gasteiger partial charge in [0.2, 0.25) is 0 Å². The number of aliphatic hydroxyl groups is 1. The van der Waals surface area contributed by atoms with E-state index in [1.54, 1.807) is 24.3 Å². The summed E-state index contributed by atoms with van der Waals surface area (Å²) >= 11 is 5.87. The molecule has 3 aromatic rings. The number of nitrogens with zero attached hydrogens (tertiary/aromatic N) is 3. The Labute approximate surface area is 150 Å². The second kappa shape index (κ2) is 7.46. The van der Waals surface area contributed by atoms with Crippen LogP contribution in [-0.2, 0) is 13.2 Å². The van der Waals surface area contributed by atoms with Crippen molar-refractivity contribution in [2.24, 2.45) is 0 Å². The molecule has 6 nitrogen and oxygen atoms in total. The summed E-state index contributed by atoms with van der Waals surface area (Å²) in [4.78, 5) is 13.7. The number of aromatic nitrogens is 3. The lowest BCUT2D eigenvalue weighted by Gasteiger charge is -2.04. The number of halogens is 1. The van der Waals surface area contributed by atoms with Crippen LogP contribution in [0, 0.1) is 6.92 Å². The van der Waals surface area contributed by atoms with E-state index in [9.17, 15) is 9.90 Å². The second-order valence-electron chi connectivity index (χ2n) is 5.59. The molecular weight excluding hydrogens is 340 g/mol. The number of rotatable bonds is 5. The Morgan fingerprint density at radius 3 is 2.44 bits per heavy atom. The minimum absolute atomic E-state index is 0.101. The molecule has 0 fully saturated rings. The van der Waals surface area contributed by atoms with Crippen molar-refractivity contribution in [3.63, 3.8) is 0 Å². The molecule has 0 bridgehead atoms. The fourth-order valence-electron chi connectivity index (χ4n) is 2.28. The molecule has 25 heavy (non-hydrogen) atoms. The van der Waals surface area contributed by atoms with Crippen LogP contribution in [0.3, 0.4) is 0 Å². The number of carbonyl (C=O) groups is 1. The van der Waals surface area contributed by atoms with Gasteiger partial charge in [-0.15, -0.1) is 10.2 Å². The summed E-state index contributed by atoms with van der Waals surface area (Å²) in [6.07, 6.45) is 0. The van der Waals surface area contributed by atoms with Crippen molar-refractivity contribution in [3.05, 3.63) is 76.1 Å². The zero-order chi connectivity index (χ0) is 17.8. The molecule has 1 aromatic heterocycles. The molecule has 2 N–H and O–H groups in total. The second-order valence-corrected chi connectivity index (χ2v) is 6.02. The molecular formula is C18H17ClN4O2. The molecule has 2 aromatic carbocycles. The van der Waals surface area contributed by atoms with Crippen molar-refractivity contribution in [3.8, 4) is 5.69 Å². The topological polar surface area (TPSA) is 80.0 Å². The molecule has 0 saturated heterocycles. The van der Waals surface area contributed by atoms with E-state index in [0.29, 0.717) is 17.3 Å². The number of nitrogens with one attached hydrogen (secondary N) is 1. The van der Waals surface area contributed by atoms with Crippen LogP contribution in [0.5, 0.6) is 0 Å². The molecule has 0 unspecified atom stereocenters. The molecule has 0 aliphatic heterocycles. The van der Waals surface area contributed by atoms with Gasteiger partial charge in [0.15, 0.2) is 5.69 Å². The molecule has 3 rings (SSSR count). The molecule has 1 amide bonds. The Bertz CT molecular complexity index is 873. The minimum Gasteiger partial charge on any atom is -0.390 e. The highest BCUT2D eigenvalue weighted by Crippen LogP contribution is 2.14. The van der Waals surface area contributed by atoms with Crippen LogP contribution in [0.2, 0.25) is 5.02 Å². The Morgan fingerprint density at radius 1 is 1.12 bits per heavy atom. The maximum Gasteiger partial charge on any atom is 0.274 e. The van der Waals surface area contributed by atoms with E-state index in [4.69, 9.17) is 11.6 Å². The number of hydrogen-bond acceptors (Lipinski definition) is 4. The lowest BCUT2D eigenvalue weighted by molar-refractivity contribution is 0.0942. The predicted octanol–water partition coefficient (Wildman–Crippen LogP) is 2.65. The first-order valence-electron chi connectivity index (χ1n) is 7.73. The van der Waals surface area contributed by atoms with Gasteiger partial charge in [0.25, 0.3) is 5.91 Å². The average molecular weight is 357 g/mol. The standard InChI is InChI=1S/C18H17ClN4O2/c1-12-2-4-13(5-3-12)10-20-18(25)17-16(11-24)21-23(22-17)15-8-6-14(19)7-9-15/h2-9,24H,10-11H2,1H3,(H,20,25). The third kappa shape index (κ3) is 4.04. The largest absolute Gasteiger partial charge is 0.390 e. The van der Waals surface area contributed by atoms with Gasteiger partial charge in [-0.25, -0.2) is 0 Å². The Hall–Kier alpha value is -2.70. The minimum atomic E-state index is -0.384. The summed E-state index contributed by atoms with van der Waals surface area (Å²) in [5.41, 5.74) is 3.11. The first-order valence-corrected chi connectivity index (χ1v) is 8.11. The van der Waals surface area contributed by atoms with Crippen molar-refractivity contribution in [1.82, 2.24) is 20.3 Å². The van der Waals surface area contributed by atoms with E-state index in [2.05, 4.69) is 15.5 Å². The van der Waals surface area contributed by atoms with E-state index in [-0.39, 0.29) is 23.9 Å². The fourth-order valence-corrected chi connectivity index (χ4v) is 2.41. The van der Waals surface area contributed by atoms with Crippen molar-refractivity contribution < 1.29 is 9.90 Å². The molecule has 0 aliphatic rings. The van der Waals surface area contributed by atoms with Crippen LogP contribution < -0.4 is 5.32 Å². The first-order chi connectivity index (χ1) is 12.1. The summed E-state index contributed by atoms with van der Waals surface area (Å²) in [6.45, 7) is 2.00. The molecule has 128 valence electrons. The van der Waals surface area contributed by atoms with Gasteiger partial charge in [-0.05, 0) is 36.8 Å². The third-order valence-electron chi connectivity index (χ3n) is 3.68. The molecule has 1 heterocycles. The summed E-state index contributed by atoms with van der Waals surface area (Å²) in [5.74, 6) is -0.384. The molecule has 0 saturated carbocycles. The Morgan fingerprint density at radius 2 is 1.80 bits per heavy atom. The molecule has 0 aliphatic carbocycles. The Kier molecular flexibility index (Phi) is 5.11. The van der Waals surface area contributed by atoms with Gasteiger partial charge >= 0.3 is 0 Å². The molecule has 0 spiro atoms. The van der Waals surface area contributed by atoms with E-state index in [1.165, 1.54) is 4.80 Å². The molecule has 0 atom stereocenters. The summed E-state index contributed by atoms with van der Waals surface area (Å²) in [7, 11) is 0. The number of amides is 1. The maximum atomic E-state index is 12.4. The van der Waals surface area contributed by atoms with Crippen molar-refractivity contribution in [1.29, 1.82) is 0 Å². The highest BCUT2D eigenvalue weighted by atomic mass is 35.5. The SMILES string of the molecule is Cc1ccc(CNC(=O)c2nn(-c3ccc(Cl)cc3)nc2CO)cc1. The summed E-state index contributed by atoms with van der Waals surface area (Å²) < 4.78 is 0. The smallest absolute Gasteiger partial charge is 0.274 e. The van der Waals surface area contributed by atoms with Gasteiger partial charge in [-0.1, -0.05) is 41.4 Å². The van der Waals surface area contributed by atoms with Crippen LogP contribution in [0.4, 0.5) is 0 Å². The van der Waals surface area contributed by atoms with Gasteiger partial charge in [-0.2, -0.15) is 4.80 Å². The lowest BCUT2D eigenvalue weighted by Crippen LogP contribution is -2.24. The lowest BCUT2D eigenvalue weighted by atomic mass is 10.1. The Balaban J connectivity index is 1.77. The first kappa shape index (κ1) is 17.1. The quantitative estimate of drug-likeness (QED) is 0.736. The van der Waals surface area contributed by atoms with E-state index in [1.807, 2.05) is 31.2 Å². The highest BCUT2D eigenvalue weighted by molar-refractivity contribution is 6.30. The van der Waals surface area contributed by atoms with Crippen LogP contribution in [-0.4, -0.2) is 26.0 Å². The van der Waals surface area contributed by atoms with Crippen molar-refractivity contribution in [2.45, 2.75) is 20.1 Å². The van der Waals surface area contributed by atoms with Gasteiger partial charge in [-0.3, -0.25) is 4.79 Å². The third-order valence-corrected chi connectivity index (χ3v) is 3.93. The van der Waals surface area contributed by atoms with Gasteiger partial charge in [0.1, 0.15) is 5.69 Å². The zero-order valence-corrected chi connectivity index (χ0v) is 14.4. The van der Waals surface area contributed by atoms with E-state index >= 15 is 0 Å². The van der Waals surface area contributed by atoms with Gasteiger partial charge in [0.05, 0.1) is 12.3 Å². The van der Waals surface area contributed by atoms with Gasteiger partial charge in [0, 0.05) is 11.6 Å². The molecule has 0 radical (unpaired) electrons. The van der Waals surface area contributed by atoms with Crippen molar-refractivity contribution in [2.75, 3.05) is 0 Å². The number of hydrogen-bond donors (Lipinski definition) is 2. The zero-order valence-electron chi connectivity index (χ0n) is 13.6. The van der Waals surface area contributed by atoms with Crippen LogP contribution in [0.1, 0.15) is 27.3 Å². The van der Waals surface area contributed by atoms with Crippen molar-refractivity contribution >= 4 is 17.5 Å². The van der Waals surface area contributed by atoms with E-state index in [0.717, 1.165) is 11.1 Å². The predicted molar refractivity (Wildman–Crippen MR) is 94.6 cm³/mol. The average Bonchev–Trinajstić information content (AvgIpc) is 3.06. The van der Waals surface area contributed by atoms with Crippen LogP contribution >= 0.6 is 11.6 Å². The van der Waals surface area contributed by atoms with Crippen LogP contribution in [0.15, 0.2) is 48.5 Å². The van der Waals surface area contributed by atoms with Gasteiger partial charge < -0.3 is 10.4 Å². The number of benzene rings is 2. The summed E-state index contributed by atoms with van der Waals surface area (Å²) in [6, 6.07) is 14.7. The fraction of sp³-hybridized carbons (Fsp3) is 0.167. The number of carbonyl (C=O) groups excluding carboxylic acids is 1. The maximum absolute atomic E-state index is 12.4. The number of aryl methyl sites for hydroxylation is 1. The molecule has 7 heteroatoms. The monoisotopic (exact) mass is 356 g/mol. The van der Waals surface area contributed by atoms with E-state index < -0.39 is 0 Å². The van der Waals surface area contributed by atoms with Crippen LogP contribution in [0.25, 0.3) is 5.69 Å². The highest BCUT2D eigenvalue weighted by Gasteiger charge is 2.18. The normalized spacial score (nSPS) is 10.7. The summed E-state index contributed by atoms with van der Waals surface area (Å²) in [5, 5.41) is 21.2.